The number of nitrogens with one attached hydrogen (secondary N) is 1. The van der Waals surface area contributed by atoms with Crippen LogP contribution in [0.5, 0.6) is 0 Å². The number of hydrogen-bond donors (Lipinski definition) is 2. The van der Waals surface area contributed by atoms with Crippen molar-refractivity contribution in [1.82, 2.24) is 0 Å². The maximum absolute atomic E-state index is 11.1. The Morgan fingerprint density at radius 3 is 2.29 bits per heavy atom. The van der Waals surface area contributed by atoms with Gasteiger partial charge in [-0.05, 0) is 12.1 Å². The Balaban J connectivity index is 0.000000770. The van der Waals surface area contributed by atoms with Crippen molar-refractivity contribution in [2.75, 3.05) is 5.32 Å². The van der Waals surface area contributed by atoms with Crippen LogP contribution in [0.3, 0.4) is 0 Å². The molecule has 0 atom stereocenters. The van der Waals surface area contributed by atoms with E-state index in [2.05, 4.69) is 5.32 Å². The van der Waals surface area contributed by atoms with Gasteiger partial charge in [0.1, 0.15) is 0 Å². The number of carboxylic acid groups (broad SMARTS) is 1. The fourth-order valence-electron chi connectivity index (χ4n) is 1.02. The van der Waals surface area contributed by atoms with Gasteiger partial charge in [-0.1, -0.05) is 19.1 Å². The molecular weight excluding hydrogens is 226 g/mol. The fraction of sp³-hybridized carbons (Fsp3) is 0.182. The third kappa shape index (κ3) is 5.25. The first kappa shape index (κ1) is 14.5. The Labute approximate surface area is 97.3 Å². The van der Waals surface area contributed by atoms with E-state index in [4.69, 9.17) is 14.7 Å². The van der Waals surface area contributed by atoms with Crippen LogP contribution in [0.1, 0.15) is 23.7 Å². The van der Waals surface area contributed by atoms with E-state index in [0.29, 0.717) is 12.1 Å². The Hall–Kier alpha value is -2.46. The van der Waals surface area contributed by atoms with E-state index in [1.165, 1.54) is 6.07 Å². The number of aromatic carboxylic acids is 1. The van der Waals surface area contributed by atoms with Gasteiger partial charge in [-0.25, -0.2) is 4.79 Å². The summed E-state index contributed by atoms with van der Waals surface area (Å²) in [5, 5.41) is 11.3. The standard InChI is InChI=1S/C10H11NO3.CO2/c1-2-9(12)11-8-6-4-3-5-7(8)10(13)14;2-1-3/h3-6H,2H2,1H3,(H,11,12)(H,13,14);. The van der Waals surface area contributed by atoms with Crippen molar-refractivity contribution in [3.63, 3.8) is 0 Å². The molecule has 17 heavy (non-hydrogen) atoms. The van der Waals surface area contributed by atoms with Crippen molar-refractivity contribution in [2.24, 2.45) is 0 Å². The maximum atomic E-state index is 11.1. The quantitative estimate of drug-likeness (QED) is 0.821. The van der Waals surface area contributed by atoms with Crippen molar-refractivity contribution in [3.05, 3.63) is 29.8 Å². The van der Waals surface area contributed by atoms with Crippen LogP contribution in [0.4, 0.5) is 5.69 Å². The smallest absolute Gasteiger partial charge is 0.373 e. The molecule has 1 rings (SSSR count). The molecule has 90 valence electrons. The van der Waals surface area contributed by atoms with E-state index in [0.717, 1.165) is 0 Å². The summed E-state index contributed by atoms with van der Waals surface area (Å²) in [7, 11) is 0. The van der Waals surface area contributed by atoms with Crippen LogP contribution < -0.4 is 5.32 Å². The molecule has 0 saturated carbocycles. The molecule has 0 aliphatic rings. The predicted molar refractivity (Wildman–Crippen MR) is 57.3 cm³/mol. The van der Waals surface area contributed by atoms with Gasteiger partial charge in [0.2, 0.25) is 5.91 Å². The first-order valence-electron chi connectivity index (χ1n) is 4.68. The molecule has 0 aliphatic carbocycles. The number of carboxylic acids is 1. The molecule has 1 aromatic rings. The van der Waals surface area contributed by atoms with Gasteiger partial charge in [0.25, 0.3) is 0 Å². The molecule has 0 bridgehead atoms. The van der Waals surface area contributed by atoms with Crippen LogP contribution in [0.2, 0.25) is 0 Å². The third-order valence-electron chi connectivity index (χ3n) is 1.75. The van der Waals surface area contributed by atoms with Gasteiger partial charge in [-0.2, -0.15) is 9.59 Å². The van der Waals surface area contributed by atoms with Crippen LogP contribution in [-0.2, 0) is 14.4 Å². The van der Waals surface area contributed by atoms with Crippen molar-refractivity contribution >= 4 is 23.7 Å². The molecule has 0 aliphatic heterocycles. The summed E-state index contributed by atoms with van der Waals surface area (Å²) in [6, 6.07) is 6.31. The van der Waals surface area contributed by atoms with Gasteiger partial charge in [-0.3, -0.25) is 4.79 Å². The van der Waals surface area contributed by atoms with Crippen LogP contribution in [0.25, 0.3) is 0 Å². The minimum atomic E-state index is -1.04. The molecule has 6 nitrogen and oxygen atoms in total. The van der Waals surface area contributed by atoms with Gasteiger partial charge in [0.15, 0.2) is 0 Å². The van der Waals surface area contributed by atoms with E-state index in [-0.39, 0.29) is 17.6 Å². The van der Waals surface area contributed by atoms with E-state index in [1.54, 1.807) is 25.1 Å². The molecule has 0 saturated heterocycles. The second-order valence-electron chi connectivity index (χ2n) is 2.84. The lowest BCUT2D eigenvalue weighted by Gasteiger charge is -2.06. The summed E-state index contributed by atoms with van der Waals surface area (Å²) >= 11 is 0. The Morgan fingerprint density at radius 2 is 1.82 bits per heavy atom. The molecule has 0 aromatic heterocycles. The highest BCUT2D eigenvalue weighted by Crippen LogP contribution is 2.14. The molecule has 0 heterocycles. The number of anilines is 1. The van der Waals surface area contributed by atoms with Crippen LogP contribution >= 0.6 is 0 Å². The SMILES string of the molecule is CCC(=O)Nc1ccccc1C(=O)O.O=C=O. The summed E-state index contributed by atoms with van der Waals surface area (Å²) < 4.78 is 0. The number of carbonyl (C=O) groups excluding carboxylic acids is 3. The maximum Gasteiger partial charge on any atom is 0.373 e. The van der Waals surface area contributed by atoms with Gasteiger partial charge in [0.05, 0.1) is 11.3 Å². The minimum Gasteiger partial charge on any atom is -0.478 e. The van der Waals surface area contributed by atoms with E-state index >= 15 is 0 Å². The summed E-state index contributed by atoms with van der Waals surface area (Å²) in [6.45, 7) is 1.71. The number of amides is 1. The first-order valence-corrected chi connectivity index (χ1v) is 4.68. The first-order chi connectivity index (χ1) is 8.06. The topological polar surface area (TPSA) is 101 Å². The van der Waals surface area contributed by atoms with Crippen molar-refractivity contribution in [1.29, 1.82) is 0 Å². The van der Waals surface area contributed by atoms with Crippen molar-refractivity contribution in [2.45, 2.75) is 13.3 Å². The molecular formula is C11H11NO5. The second kappa shape index (κ2) is 7.78. The monoisotopic (exact) mass is 237 g/mol. The molecule has 0 unspecified atom stereocenters. The zero-order valence-corrected chi connectivity index (χ0v) is 9.10. The molecule has 0 spiro atoms. The lowest BCUT2D eigenvalue weighted by Crippen LogP contribution is -2.12. The highest BCUT2D eigenvalue weighted by molar-refractivity contribution is 6.00. The van der Waals surface area contributed by atoms with E-state index < -0.39 is 5.97 Å². The number of para-hydroxylation sites is 1. The molecule has 0 fully saturated rings. The van der Waals surface area contributed by atoms with Crippen LogP contribution in [0, 0.1) is 0 Å². The zero-order chi connectivity index (χ0) is 13.3. The summed E-state index contributed by atoms with van der Waals surface area (Å²) in [4.78, 5) is 38.0. The normalized spacial score (nSPS) is 8.29. The molecule has 2 N–H and O–H groups in total. The minimum absolute atomic E-state index is 0.106. The molecule has 1 amide bonds. The lowest BCUT2D eigenvalue weighted by atomic mass is 10.2. The highest BCUT2D eigenvalue weighted by atomic mass is 16.4. The molecule has 0 radical (unpaired) electrons. The summed E-state index contributed by atoms with van der Waals surface area (Å²) in [5.74, 6) is -1.24. The summed E-state index contributed by atoms with van der Waals surface area (Å²) in [6.07, 6.45) is 0.577. The zero-order valence-electron chi connectivity index (χ0n) is 9.10. The van der Waals surface area contributed by atoms with Crippen LogP contribution in [0.15, 0.2) is 24.3 Å². The predicted octanol–water partition coefficient (Wildman–Crippen LogP) is 1.15. The van der Waals surface area contributed by atoms with Crippen molar-refractivity contribution < 1.29 is 24.3 Å². The number of rotatable bonds is 3. The molecule has 1 aromatic carbocycles. The Morgan fingerprint density at radius 1 is 1.29 bits per heavy atom. The highest BCUT2D eigenvalue weighted by Gasteiger charge is 2.09. The van der Waals surface area contributed by atoms with Gasteiger partial charge >= 0.3 is 12.1 Å². The average molecular weight is 237 g/mol. The number of hydrogen-bond acceptors (Lipinski definition) is 4. The fourth-order valence-corrected chi connectivity index (χ4v) is 1.02. The van der Waals surface area contributed by atoms with E-state index in [1.807, 2.05) is 0 Å². The Kier molecular flexibility index (Phi) is 6.66. The summed E-state index contributed by atoms with van der Waals surface area (Å²) in [5.41, 5.74) is 0.446. The van der Waals surface area contributed by atoms with Crippen LogP contribution in [-0.4, -0.2) is 23.1 Å². The molecule has 6 heteroatoms. The lowest BCUT2D eigenvalue weighted by molar-refractivity contribution is -0.191. The van der Waals surface area contributed by atoms with E-state index in [9.17, 15) is 9.59 Å². The average Bonchev–Trinajstić information content (AvgIpc) is 2.30. The Bertz CT molecular complexity index is 435. The largest absolute Gasteiger partial charge is 0.478 e. The van der Waals surface area contributed by atoms with Crippen molar-refractivity contribution in [3.8, 4) is 0 Å². The van der Waals surface area contributed by atoms with Gasteiger partial charge < -0.3 is 10.4 Å². The number of benzene rings is 1. The number of carbonyl (C=O) groups is 2. The van der Waals surface area contributed by atoms with Gasteiger partial charge in [-0.15, -0.1) is 0 Å². The third-order valence-corrected chi connectivity index (χ3v) is 1.75. The van der Waals surface area contributed by atoms with Gasteiger partial charge in [0, 0.05) is 6.42 Å². The second-order valence-corrected chi connectivity index (χ2v) is 2.84.